The molecule has 2 N–H and O–H groups in total. The van der Waals surface area contributed by atoms with Crippen molar-refractivity contribution in [2.45, 2.75) is 27.3 Å². The maximum Gasteiger partial charge on any atom is 0.278 e. The van der Waals surface area contributed by atoms with Crippen molar-refractivity contribution >= 4 is 22.5 Å². The van der Waals surface area contributed by atoms with Gasteiger partial charge in [-0.1, -0.05) is 24.9 Å². The molecule has 0 spiro atoms. The summed E-state index contributed by atoms with van der Waals surface area (Å²) in [5.74, 6) is 0.648. The second kappa shape index (κ2) is 5.36. The fourth-order valence-electron chi connectivity index (χ4n) is 2.75. The van der Waals surface area contributed by atoms with Crippen LogP contribution in [0.4, 0.5) is 5.82 Å². The summed E-state index contributed by atoms with van der Waals surface area (Å²) in [4.78, 5) is 17.5. The van der Waals surface area contributed by atoms with Crippen molar-refractivity contribution < 1.29 is 4.57 Å². The molecule has 0 aliphatic rings. The molecule has 0 aliphatic heterocycles. The molecule has 0 fully saturated rings. The zero-order valence-corrected chi connectivity index (χ0v) is 13.4. The van der Waals surface area contributed by atoms with Crippen LogP contribution in [0.5, 0.6) is 0 Å². The Morgan fingerprint density at radius 1 is 1.48 bits per heavy atom. The van der Waals surface area contributed by atoms with E-state index in [0.29, 0.717) is 40.5 Å². The molecule has 3 aromatic rings. The van der Waals surface area contributed by atoms with Crippen LogP contribution in [0, 0.1) is 24.2 Å². The van der Waals surface area contributed by atoms with E-state index in [1.165, 1.54) is 10.5 Å². The molecule has 0 unspecified atom stereocenters. The highest BCUT2D eigenvalue weighted by atomic mass is 16.1. The summed E-state index contributed by atoms with van der Waals surface area (Å²) in [7, 11) is 0. The number of hydrogen-bond donors (Lipinski definition) is 1. The lowest BCUT2D eigenvalue weighted by Crippen LogP contribution is -2.43. The van der Waals surface area contributed by atoms with Crippen LogP contribution in [-0.2, 0) is 6.54 Å². The predicted octanol–water partition coefficient (Wildman–Crippen LogP) is 1.55. The molecular weight excluding hydrogens is 290 g/mol. The van der Waals surface area contributed by atoms with Gasteiger partial charge in [0, 0.05) is 11.8 Å². The zero-order chi connectivity index (χ0) is 16.7. The Morgan fingerprint density at radius 3 is 2.87 bits per heavy atom. The van der Waals surface area contributed by atoms with Gasteiger partial charge in [-0.15, -0.1) is 0 Å². The first kappa shape index (κ1) is 15.0. The van der Waals surface area contributed by atoms with Crippen molar-refractivity contribution in [2.75, 3.05) is 5.73 Å². The van der Waals surface area contributed by atoms with Crippen molar-refractivity contribution in [2.24, 2.45) is 5.92 Å². The van der Waals surface area contributed by atoms with E-state index in [1.54, 1.807) is 10.8 Å². The number of rotatable bonds is 2. The summed E-state index contributed by atoms with van der Waals surface area (Å²) < 4.78 is 3.28. The molecule has 3 aromatic heterocycles. The maximum atomic E-state index is 12.8. The Morgan fingerprint density at radius 2 is 2.22 bits per heavy atom. The Labute approximate surface area is 133 Å². The standard InChI is InChI=1S/C17H17N5O/c1-10(2)9-22-14(19)12(8-18)7-13-16(22)20-15-11(3)5-4-6-21(15)17(13)23/h4-7,10,19H,9H2,1-3H3/p+1. The first-order valence-corrected chi connectivity index (χ1v) is 7.48. The summed E-state index contributed by atoms with van der Waals surface area (Å²) in [6.07, 6.45) is 1.69. The molecule has 0 atom stereocenters. The Balaban J connectivity index is 2.56. The molecule has 3 rings (SSSR count). The zero-order valence-electron chi connectivity index (χ0n) is 13.4. The highest BCUT2D eigenvalue weighted by Crippen LogP contribution is 2.15. The van der Waals surface area contributed by atoms with Crippen molar-refractivity contribution in [3.63, 3.8) is 0 Å². The number of nitriles is 1. The molecule has 0 aliphatic carbocycles. The molecule has 3 heterocycles. The van der Waals surface area contributed by atoms with Crippen LogP contribution in [0.1, 0.15) is 25.0 Å². The minimum atomic E-state index is -0.192. The first-order valence-electron chi connectivity index (χ1n) is 7.48. The third-order valence-corrected chi connectivity index (χ3v) is 3.84. The number of anilines is 1. The van der Waals surface area contributed by atoms with Crippen LogP contribution in [0.3, 0.4) is 0 Å². The number of aryl methyl sites for hydroxylation is 1. The van der Waals surface area contributed by atoms with Gasteiger partial charge in [-0.2, -0.15) is 5.26 Å². The third-order valence-electron chi connectivity index (χ3n) is 3.84. The smallest absolute Gasteiger partial charge is 0.278 e. The first-order chi connectivity index (χ1) is 10.9. The lowest BCUT2D eigenvalue weighted by molar-refractivity contribution is -0.664. The monoisotopic (exact) mass is 308 g/mol. The summed E-state index contributed by atoms with van der Waals surface area (Å²) >= 11 is 0. The van der Waals surface area contributed by atoms with E-state index in [-0.39, 0.29) is 5.56 Å². The third kappa shape index (κ3) is 2.30. The van der Waals surface area contributed by atoms with E-state index < -0.39 is 0 Å². The van der Waals surface area contributed by atoms with Gasteiger partial charge < -0.3 is 5.73 Å². The Kier molecular flexibility index (Phi) is 3.49. The van der Waals surface area contributed by atoms with Gasteiger partial charge in [-0.3, -0.25) is 9.20 Å². The Bertz CT molecular complexity index is 1030. The van der Waals surface area contributed by atoms with Gasteiger partial charge in [0.25, 0.3) is 11.2 Å². The van der Waals surface area contributed by atoms with Crippen molar-refractivity contribution in [1.29, 1.82) is 5.26 Å². The van der Waals surface area contributed by atoms with Crippen LogP contribution in [0.25, 0.3) is 16.7 Å². The second-order valence-electron chi connectivity index (χ2n) is 6.10. The topological polar surface area (TPSA) is 88.1 Å². The number of nitrogens with zero attached hydrogens (tertiary/aromatic N) is 4. The SMILES string of the molecule is Cc1cccn2c(=O)c3cc(C#N)c(N)[n+](CC(C)C)c3nc12. The van der Waals surface area contributed by atoms with E-state index >= 15 is 0 Å². The molecule has 6 heteroatoms. The maximum absolute atomic E-state index is 12.8. The fourth-order valence-corrected chi connectivity index (χ4v) is 2.75. The number of pyridine rings is 2. The summed E-state index contributed by atoms with van der Waals surface area (Å²) in [5, 5.41) is 9.71. The summed E-state index contributed by atoms with van der Waals surface area (Å²) in [6.45, 7) is 6.60. The van der Waals surface area contributed by atoms with Gasteiger partial charge in [0.1, 0.15) is 17.0 Å². The van der Waals surface area contributed by atoms with Crippen LogP contribution in [0.2, 0.25) is 0 Å². The molecule has 0 bridgehead atoms. The van der Waals surface area contributed by atoms with Crippen LogP contribution in [-0.4, -0.2) is 9.38 Å². The van der Waals surface area contributed by atoms with E-state index in [9.17, 15) is 10.1 Å². The van der Waals surface area contributed by atoms with E-state index in [1.807, 2.05) is 19.1 Å². The normalized spacial score (nSPS) is 11.3. The summed E-state index contributed by atoms with van der Waals surface area (Å²) in [5.41, 5.74) is 8.27. The fraction of sp³-hybridized carbons (Fsp3) is 0.294. The minimum Gasteiger partial charge on any atom is -0.317 e. The highest BCUT2D eigenvalue weighted by Gasteiger charge is 2.21. The van der Waals surface area contributed by atoms with Crippen LogP contribution < -0.4 is 15.9 Å². The summed E-state index contributed by atoms with van der Waals surface area (Å²) in [6, 6.07) is 7.32. The molecule has 23 heavy (non-hydrogen) atoms. The van der Waals surface area contributed by atoms with E-state index in [2.05, 4.69) is 24.9 Å². The molecule has 116 valence electrons. The minimum absolute atomic E-state index is 0.192. The van der Waals surface area contributed by atoms with Gasteiger partial charge in [0.2, 0.25) is 11.5 Å². The van der Waals surface area contributed by atoms with Gasteiger partial charge in [0.05, 0.1) is 6.54 Å². The quantitative estimate of drug-likeness (QED) is 0.575. The number of nitrogens with two attached hydrogens (primary N) is 1. The predicted molar refractivity (Wildman–Crippen MR) is 87.9 cm³/mol. The average molecular weight is 308 g/mol. The van der Waals surface area contributed by atoms with Gasteiger partial charge in [-0.25, -0.2) is 4.57 Å². The van der Waals surface area contributed by atoms with Crippen LogP contribution >= 0.6 is 0 Å². The largest absolute Gasteiger partial charge is 0.317 e. The van der Waals surface area contributed by atoms with Crippen molar-refractivity contribution in [3.05, 3.63) is 45.9 Å². The van der Waals surface area contributed by atoms with Gasteiger partial charge in [-0.05, 0) is 25.0 Å². The molecule has 0 amide bonds. The Hall–Kier alpha value is -2.94. The van der Waals surface area contributed by atoms with E-state index in [0.717, 1.165) is 5.56 Å². The lowest BCUT2D eigenvalue weighted by Gasteiger charge is -2.11. The molecule has 6 nitrogen and oxygen atoms in total. The second-order valence-corrected chi connectivity index (χ2v) is 6.10. The van der Waals surface area contributed by atoms with Gasteiger partial charge >= 0.3 is 0 Å². The number of hydrogen-bond acceptors (Lipinski definition) is 4. The van der Waals surface area contributed by atoms with Crippen molar-refractivity contribution in [1.82, 2.24) is 9.38 Å². The lowest BCUT2D eigenvalue weighted by atomic mass is 10.1. The number of nitrogen functional groups attached to an aromatic ring is 1. The average Bonchev–Trinajstić information content (AvgIpc) is 2.51. The molecule has 0 saturated heterocycles. The van der Waals surface area contributed by atoms with E-state index in [4.69, 9.17) is 5.73 Å². The number of fused-ring (bicyclic) bond motifs is 2. The van der Waals surface area contributed by atoms with Crippen molar-refractivity contribution in [3.8, 4) is 6.07 Å². The molecular formula is C17H18N5O+. The number of aromatic nitrogens is 3. The molecule has 0 saturated carbocycles. The highest BCUT2D eigenvalue weighted by molar-refractivity contribution is 5.77. The van der Waals surface area contributed by atoms with Gasteiger partial charge in [0.15, 0.2) is 0 Å². The molecule has 0 aromatic carbocycles. The van der Waals surface area contributed by atoms with Crippen LogP contribution in [0.15, 0.2) is 29.2 Å². The molecule has 0 radical (unpaired) electrons.